The molecule has 0 bridgehead atoms. The van der Waals surface area contributed by atoms with E-state index in [0.717, 1.165) is 0 Å². The molecule has 0 spiro atoms. The highest BCUT2D eigenvalue weighted by Gasteiger charge is 2.26. The predicted octanol–water partition coefficient (Wildman–Crippen LogP) is 1.60. The minimum atomic E-state index is -1.56. The van der Waals surface area contributed by atoms with Gasteiger partial charge in [0.25, 0.3) is 0 Å². The number of aliphatic hydroxyl groups excluding tert-OH is 1. The van der Waals surface area contributed by atoms with Gasteiger partial charge in [0.1, 0.15) is 0 Å². The SMILES string of the molecule is Cc1c(C(O)C(=O)O)cc2c(c1Br)OCO2. The van der Waals surface area contributed by atoms with Crippen LogP contribution in [0, 0.1) is 6.92 Å². The molecule has 86 valence electrons. The zero-order valence-electron chi connectivity index (χ0n) is 8.36. The summed E-state index contributed by atoms with van der Waals surface area (Å²) in [7, 11) is 0. The number of hydrogen-bond donors (Lipinski definition) is 2. The molecule has 0 saturated carbocycles. The van der Waals surface area contributed by atoms with E-state index in [0.29, 0.717) is 27.1 Å². The second-order valence-electron chi connectivity index (χ2n) is 3.38. The molecule has 1 heterocycles. The maximum absolute atomic E-state index is 10.7. The van der Waals surface area contributed by atoms with Crippen molar-refractivity contribution in [3.8, 4) is 11.5 Å². The summed E-state index contributed by atoms with van der Waals surface area (Å²) in [6, 6.07) is 1.49. The van der Waals surface area contributed by atoms with E-state index in [1.54, 1.807) is 6.92 Å². The molecule has 16 heavy (non-hydrogen) atoms. The number of halogens is 1. The molecule has 1 unspecified atom stereocenters. The Balaban J connectivity index is 2.56. The van der Waals surface area contributed by atoms with Gasteiger partial charge in [-0.15, -0.1) is 0 Å². The monoisotopic (exact) mass is 288 g/mol. The van der Waals surface area contributed by atoms with Gasteiger partial charge in [-0.1, -0.05) is 0 Å². The van der Waals surface area contributed by atoms with Crippen molar-refractivity contribution < 1.29 is 24.5 Å². The van der Waals surface area contributed by atoms with E-state index in [1.807, 2.05) is 0 Å². The third kappa shape index (κ3) is 1.64. The summed E-state index contributed by atoms with van der Waals surface area (Å²) in [6.07, 6.45) is -1.56. The van der Waals surface area contributed by atoms with Gasteiger partial charge in [0.15, 0.2) is 17.6 Å². The minimum absolute atomic E-state index is 0.0972. The molecule has 1 aromatic rings. The summed E-state index contributed by atoms with van der Waals surface area (Å²) in [6.45, 7) is 1.80. The van der Waals surface area contributed by atoms with Crippen molar-refractivity contribution in [1.82, 2.24) is 0 Å². The zero-order valence-corrected chi connectivity index (χ0v) is 9.94. The quantitative estimate of drug-likeness (QED) is 0.865. The van der Waals surface area contributed by atoms with Crippen LogP contribution in [0.15, 0.2) is 10.5 Å². The lowest BCUT2D eigenvalue weighted by Crippen LogP contribution is -2.12. The van der Waals surface area contributed by atoms with E-state index >= 15 is 0 Å². The van der Waals surface area contributed by atoms with E-state index in [1.165, 1.54) is 6.07 Å². The van der Waals surface area contributed by atoms with Gasteiger partial charge in [-0.25, -0.2) is 4.79 Å². The third-order valence-corrected chi connectivity index (χ3v) is 3.37. The summed E-state index contributed by atoms with van der Waals surface area (Å²) in [4.78, 5) is 10.7. The van der Waals surface area contributed by atoms with Crippen molar-refractivity contribution >= 4 is 21.9 Å². The van der Waals surface area contributed by atoms with Gasteiger partial charge in [0, 0.05) is 0 Å². The lowest BCUT2D eigenvalue weighted by molar-refractivity contribution is -0.147. The Kier molecular flexibility index (Phi) is 2.77. The van der Waals surface area contributed by atoms with Crippen molar-refractivity contribution in [3.63, 3.8) is 0 Å². The predicted molar refractivity (Wildman–Crippen MR) is 57.6 cm³/mol. The van der Waals surface area contributed by atoms with Crippen LogP contribution in [-0.4, -0.2) is 23.0 Å². The number of aliphatic hydroxyl groups is 1. The van der Waals surface area contributed by atoms with Crippen molar-refractivity contribution in [1.29, 1.82) is 0 Å². The summed E-state index contributed by atoms with van der Waals surface area (Å²) >= 11 is 3.29. The average molecular weight is 289 g/mol. The molecule has 2 rings (SSSR count). The molecular weight excluding hydrogens is 280 g/mol. The number of carbonyl (C=O) groups is 1. The maximum atomic E-state index is 10.7. The van der Waals surface area contributed by atoms with Crippen LogP contribution in [0.1, 0.15) is 17.2 Å². The van der Waals surface area contributed by atoms with Crippen molar-refractivity contribution in [2.75, 3.05) is 6.79 Å². The van der Waals surface area contributed by atoms with Crippen LogP contribution in [0.2, 0.25) is 0 Å². The van der Waals surface area contributed by atoms with Crippen LogP contribution in [-0.2, 0) is 4.79 Å². The van der Waals surface area contributed by atoms with Crippen LogP contribution < -0.4 is 9.47 Å². The van der Waals surface area contributed by atoms with Crippen LogP contribution >= 0.6 is 15.9 Å². The number of hydrogen-bond acceptors (Lipinski definition) is 4. The number of aliphatic carboxylic acids is 1. The van der Waals surface area contributed by atoms with Gasteiger partial charge in [-0.2, -0.15) is 0 Å². The molecule has 1 atom stereocenters. The molecule has 0 radical (unpaired) electrons. The largest absolute Gasteiger partial charge is 0.479 e. The highest BCUT2D eigenvalue weighted by Crippen LogP contribution is 2.43. The third-order valence-electron chi connectivity index (χ3n) is 2.42. The topological polar surface area (TPSA) is 76.0 Å². The van der Waals surface area contributed by atoms with Crippen LogP contribution in [0.4, 0.5) is 0 Å². The Morgan fingerprint density at radius 2 is 2.25 bits per heavy atom. The molecule has 0 aromatic heterocycles. The van der Waals surface area contributed by atoms with Gasteiger partial charge in [-0.05, 0) is 40.0 Å². The maximum Gasteiger partial charge on any atom is 0.337 e. The van der Waals surface area contributed by atoms with E-state index in [4.69, 9.17) is 14.6 Å². The fourth-order valence-corrected chi connectivity index (χ4v) is 2.07. The molecule has 0 saturated heterocycles. The van der Waals surface area contributed by atoms with Crippen LogP contribution in [0.5, 0.6) is 11.5 Å². The molecule has 1 aliphatic heterocycles. The number of rotatable bonds is 2. The Morgan fingerprint density at radius 1 is 1.56 bits per heavy atom. The first kappa shape index (κ1) is 11.2. The minimum Gasteiger partial charge on any atom is -0.479 e. The fraction of sp³-hybridized carbons (Fsp3) is 0.300. The fourth-order valence-electron chi connectivity index (χ4n) is 1.53. The van der Waals surface area contributed by atoms with Crippen molar-refractivity contribution in [2.24, 2.45) is 0 Å². The molecular formula is C10H9BrO5. The normalized spacial score (nSPS) is 14.9. The molecule has 0 amide bonds. The first-order chi connectivity index (χ1) is 7.52. The van der Waals surface area contributed by atoms with Crippen LogP contribution in [0.25, 0.3) is 0 Å². The summed E-state index contributed by atoms with van der Waals surface area (Å²) in [5, 5.41) is 18.3. The zero-order chi connectivity index (χ0) is 11.9. The molecule has 0 fully saturated rings. The van der Waals surface area contributed by atoms with Gasteiger partial charge < -0.3 is 19.7 Å². The first-order valence-electron chi connectivity index (χ1n) is 4.52. The highest BCUT2D eigenvalue weighted by atomic mass is 79.9. The molecule has 2 N–H and O–H groups in total. The van der Waals surface area contributed by atoms with Crippen LogP contribution in [0.3, 0.4) is 0 Å². The van der Waals surface area contributed by atoms with Crippen molar-refractivity contribution in [3.05, 3.63) is 21.7 Å². The number of carboxylic acid groups (broad SMARTS) is 1. The Bertz CT molecular complexity index is 457. The summed E-state index contributed by atoms with van der Waals surface area (Å²) in [5.41, 5.74) is 0.919. The van der Waals surface area contributed by atoms with E-state index in [9.17, 15) is 9.90 Å². The first-order valence-corrected chi connectivity index (χ1v) is 5.31. The average Bonchev–Trinajstić information content (AvgIpc) is 2.70. The lowest BCUT2D eigenvalue weighted by atomic mass is 10.0. The van der Waals surface area contributed by atoms with Gasteiger partial charge in [-0.3, -0.25) is 0 Å². The lowest BCUT2D eigenvalue weighted by Gasteiger charge is -2.12. The Morgan fingerprint density at radius 3 is 2.88 bits per heavy atom. The number of ether oxygens (including phenoxy) is 2. The molecule has 6 heteroatoms. The van der Waals surface area contributed by atoms with E-state index in [2.05, 4.69) is 15.9 Å². The molecule has 1 aliphatic rings. The van der Waals surface area contributed by atoms with Gasteiger partial charge in [0.05, 0.1) is 4.47 Å². The second-order valence-corrected chi connectivity index (χ2v) is 4.17. The summed E-state index contributed by atoms with van der Waals surface area (Å²) < 4.78 is 11.0. The smallest absolute Gasteiger partial charge is 0.337 e. The number of fused-ring (bicyclic) bond motifs is 1. The van der Waals surface area contributed by atoms with Gasteiger partial charge in [0.2, 0.25) is 6.79 Å². The molecule has 0 aliphatic carbocycles. The van der Waals surface area contributed by atoms with Crippen molar-refractivity contribution in [2.45, 2.75) is 13.0 Å². The standard InChI is InChI=1S/C10H9BrO5/c1-4-5(8(12)10(13)14)2-6-9(7(4)11)16-3-15-6/h2,8,12H,3H2,1H3,(H,13,14). The van der Waals surface area contributed by atoms with E-state index < -0.39 is 12.1 Å². The molecule has 1 aromatic carbocycles. The number of benzene rings is 1. The molecule has 5 nitrogen and oxygen atoms in total. The Labute approximate surface area is 99.7 Å². The highest BCUT2D eigenvalue weighted by molar-refractivity contribution is 9.10. The van der Waals surface area contributed by atoms with E-state index in [-0.39, 0.29) is 6.79 Å². The Hall–Kier alpha value is -1.27. The number of carboxylic acids is 1. The summed E-state index contributed by atoms with van der Waals surface area (Å²) in [5.74, 6) is -0.319. The van der Waals surface area contributed by atoms with Gasteiger partial charge >= 0.3 is 5.97 Å². The second kappa shape index (κ2) is 3.95.